The highest BCUT2D eigenvalue weighted by Crippen LogP contribution is 2.18. The van der Waals surface area contributed by atoms with Crippen molar-refractivity contribution in [3.63, 3.8) is 0 Å². The number of nitrogens with one attached hydrogen (secondary N) is 1. The molecule has 0 aliphatic rings. The Morgan fingerprint density at radius 1 is 0.380 bits per heavy atom. The average Bonchev–Trinajstić information content (AvgIpc) is 3.37. The molecule has 0 saturated carbocycles. The standard InChI is InChI=1S/C65H125NO5/c1-3-5-7-9-11-13-15-17-19-21-22-23-24-26-29-33-37-41-45-49-53-57-63(68)62(61-67)66-64(69)58-54-50-46-42-38-34-30-27-28-32-36-40-44-48-52-56-60-71-65(70)59-55-51-47-43-39-35-31-25-20-18-16-14-12-10-8-6-4-2/h18,20,27,30,62-63,67-68H,3-17,19,21-26,28-29,31-61H2,1-2H3,(H,66,69)/b20-18-,30-27-. The lowest BCUT2D eigenvalue weighted by atomic mass is 10.0. The van der Waals surface area contributed by atoms with Crippen LogP contribution < -0.4 is 5.32 Å². The third kappa shape index (κ3) is 57.5. The molecule has 420 valence electrons. The SMILES string of the molecule is CCCCCCCC/C=C\CCCCCCCCCC(=O)OCCCCCCCCC/C=C\CCCCCCCC(=O)NC(CO)C(O)CCCCCCCCCCCCCCCCCCCCCCC. The Morgan fingerprint density at radius 2 is 0.662 bits per heavy atom. The maximum Gasteiger partial charge on any atom is 0.305 e. The lowest BCUT2D eigenvalue weighted by Crippen LogP contribution is -2.45. The molecule has 6 heteroatoms. The number of hydrogen-bond donors (Lipinski definition) is 3. The number of ether oxygens (including phenoxy) is 1. The fourth-order valence-corrected chi connectivity index (χ4v) is 10.0. The maximum absolute atomic E-state index is 12.5. The van der Waals surface area contributed by atoms with Gasteiger partial charge in [-0.3, -0.25) is 9.59 Å². The van der Waals surface area contributed by atoms with Gasteiger partial charge < -0.3 is 20.3 Å². The molecular formula is C65H125NO5. The molecule has 0 spiro atoms. The van der Waals surface area contributed by atoms with E-state index in [4.69, 9.17) is 4.74 Å². The summed E-state index contributed by atoms with van der Waals surface area (Å²) >= 11 is 0. The van der Waals surface area contributed by atoms with Crippen molar-refractivity contribution in [2.75, 3.05) is 13.2 Å². The van der Waals surface area contributed by atoms with Crippen molar-refractivity contribution in [3.05, 3.63) is 24.3 Å². The summed E-state index contributed by atoms with van der Waals surface area (Å²) in [4.78, 5) is 24.6. The van der Waals surface area contributed by atoms with Crippen LogP contribution in [0.5, 0.6) is 0 Å². The summed E-state index contributed by atoms with van der Waals surface area (Å²) < 4.78 is 5.48. The average molecular weight is 1000 g/mol. The number of aliphatic hydroxyl groups excluding tert-OH is 2. The molecule has 0 aromatic rings. The van der Waals surface area contributed by atoms with Gasteiger partial charge in [0.25, 0.3) is 0 Å². The van der Waals surface area contributed by atoms with Crippen molar-refractivity contribution >= 4 is 11.9 Å². The Kier molecular flexibility index (Phi) is 59.5. The van der Waals surface area contributed by atoms with Crippen molar-refractivity contribution in [1.29, 1.82) is 0 Å². The van der Waals surface area contributed by atoms with E-state index in [0.717, 1.165) is 64.2 Å². The summed E-state index contributed by atoms with van der Waals surface area (Å²) in [6.45, 7) is 4.95. The Bertz CT molecular complexity index is 1110. The zero-order valence-electron chi connectivity index (χ0n) is 48.0. The zero-order valence-corrected chi connectivity index (χ0v) is 48.0. The number of hydrogen-bond acceptors (Lipinski definition) is 5. The van der Waals surface area contributed by atoms with Gasteiger partial charge in [0.2, 0.25) is 5.91 Å². The number of aliphatic hydroxyl groups is 2. The fourth-order valence-electron chi connectivity index (χ4n) is 10.0. The Morgan fingerprint density at radius 3 is 1.00 bits per heavy atom. The van der Waals surface area contributed by atoms with E-state index in [-0.39, 0.29) is 18.5 Å². The molecule has 3 N–H and O–H groups in total. The summed E-state index contributed by atoms with van der Waals surface area (Å²) in [5.41, 5.74) is 0. The first-order valence-electron chi connectivity index (χ1n) is 32.1. The normalized spacial score (nSPS) is 12.7. The van der Waals surface area contributed by atoms with Gasteiger partial charge in [-0.1, -0.05) is 289 Å². The van der Waals surface area contributed by atoms with Gasteiger partial charge in [-0.15, -0.1) is 0 Å². The van der Waals surface area contributed by atoms with Crippen LogP contribution in [0.3, 0.4) is 0 Å². The minimum absolute atomic E-state index is 0.00527. The molecule has 2 unspecified atom stereocenters. The molecule has 71 heavy (non-hydrogen) atoms. The maximum atomic E-state index is 12.5. The first kappa shape index (κ1) is 69.3. The number of amides is 1. The summed E-state index contributed by atoms with van der Waals surface area (Å²) in [7, 11) is 0. The fraction of sp³-hybridized carbons (Fsp3) is 0.908. The van der Waals surface area contributed by atoms with Gasteiger partial charge >= 0.3 is 5.97 Å². The second-order valence-corrected chi connectivity index (χ2v) is 22.1. The van der Waals surface area contributed by atoms with Crippen molar-refractivity contribution in [1.82, 2.24) is 5.32 Å². The minimum Gasteiger partial charge on any atom is -0.466 e. The van der Waals surface area contributed by atoms with Gasteiger partial charge in [-0.05, 0) is 77.0 Å². The molecular weight excluding hydrogens is 875 g/mol. The predicted molar refractivity (Wildman–Crippen MR) is 310 cm³/mol. The number of carbonyl (C=O) groups is 2. The second-order valence-electron chi connectivity index (χ2n) is 22.1. The third-order valence-corrected chi connectivity index (χ3v) is 15.0. The van der Waals surface area contributed by atoms with Crippen LogP contribution in [-0.2, 0) is 14.3 Å². The molecule has 0 saturated heterocycles. The number of allylic oxidation sites excluding steroid dienone is 4. The number of unbranched alkanes of at least 4 members (excludes halogenated alkanes) is 45. The molecule has 0 fully saturated rings. The molecule has 0 aromatic carbocycles. The van der Waals surface area contributed by atoms with Gasteiger partial charge in [0.05, 0.1) is 25.4 Å². The van der Waals surface area contributed by atoms with Crippen molar-refractivity contribution < 1.29 is 24.5 Å². The number of esters is 1. The van der Waals surface area contributed by atoms with Crippen LogP contribution in [0.4, 0.5) is 0 Å². The molecule has 2 atom stereocenters. The van der Waals surface area contributed by atoms with Gasteiger partial charge in [0.15, 0.2) is 0 Å². The van der Waals surface area contributed by atoms with Gasteiger partial charge in [0.1, 0.15) is 0 Å². The number of rotatable bonds is 60. The van der Waals surface area contributed by atoms with Crippen LogP contribution >= 0.6 is 0 Å². The van der Waals surface area contributed by atoms with Crippen LogP contribution in [-0.4, -0.2) is 47.4 Å². The van der Waals surface area contributed by atoms with Crippen LogP contribution in [0, 0.1) is 0 Å². The molecule has 6 nitrogen and oxygen atoms in total. The quantitative estimate of drug-likeness (QED) is 0.0320. The van der Waals surface area contributed by atoms with Crippen molar-refractivity contribution in [2.45, 2.75) is 366 Å². The monoisotopic (exact) mass is 1000 g/mol. The molecule has 0 aromatic heterocycles. The van der Waals surface area contributed by atoms with Crippen molar-refractivity contribution in [3.8, 4) is 0 Å². The van der Waals surface area contributed by atoms with Crippen LogP contribution in [0.25, 0.3) is 0 Å². The Balaban J connectivity index is 3.45. The van der Waals surface area contributed by atoms with Crippen LogP contribution in [0.15, 0.2) is 24.3 Å². The van der Waals surface area contributed by atoms with Crippen LogP contribution in [0.2, 0.25) is 0 Å². The highest BCUT2D eigenvalue weighted by Gasteiger charge is 2.20. The molecule has 0 aliphatic carbocycles. The highest BCUT2D eigenvalue weighted by molar-refractivity contribution is 5.76. The lowest BCUT2D eigenvalue weighted by Gasteiger charge is -2.22. The summed E-state index contributed by atoms with van der Waals surface area (Å²) in [6, 6.07) is -0.555. The summed E-state index contributed by atoms with van der Waals surface area (Å²) in [6.07, 6.45) is 74.7. The van der Waals surface area contributed by atoms with E-state index < -0.39 is 12.1 Å². The van der Waals surface area contributed by atoms with E-state index in [2.05, 4.69) is 43.5 Å². The second kappa shape index (κ2) is 60.9. The molecule has 0 radical (unpaired) electrons. The van der Waals surface area contributed by atoms with E-state index in [1.165, 1.54) is 257 Å². The van der Waals surface area contributed by atoms with E-state index in [1.807, 2.05) is 0 Å². The third-order valence-electron chi connectivity index (χ3n) is 15.0. The topological polar surface area (TPSA) is 95.9 Å². The van der Waals surface area contributed by atoms with E-state index >= 15 is 0 Å². The Labute approximate surface area is 443 Å². The zero-order chi connectivity index (χ0) is 51.4. The lowest BCUT2D eigenvalue weighted by molar-refractivity contribution is -0.143. The highest BCUT2D eigenvalue weighted by atomic mass is 16.5. The van der Waals surface area contributed by atoms with Gasteiger partial charge in [-0.2, -0.15) is 0 Å². The van der Waals surface area contributed by atoms with Gasteiger partial charge in [0, 0.05) is 12.8 Å². The summed E-state index contributed by atoms with van der Waals surface area (Å²) in [5.74, 6) is -0.0540. The first-order valence-corrected chi connectivity index (χ1v) is 32.1. The van der Waals surface area contributed by atoms with Crippen molar-refractivity contribution in [2.24, 2.45) is 0 Å². The molecule has 0 heterocycles. The van der Waals surface area contributed by atoms with Gasteiger partial charge in [-0.25, -0.2) is 0 Å². The summed E-state index contributed by atoms with van der Waals surface area (Å²) in [5, 5.41) is 23.4. The smallest absolute Gasteiger partial charge is 0.305 e. The first-order chi connectivity index (χ1) is 35.0. The largest absolute Gasteiger partial charge is 0.466 e. The molecule has 0 bridgehead atoms. The van der Waals surface area contributed by atoms with E-state index in [0.29, 0.717) is 25.9 Å². The number of carbonyl (C=O) groups excluding carboxylic acids is 2. The minimum atomic E-state index is -0.676. The predicted octanol–water partition coefficient (Wildman–Crippen LogP) is 20.2. The van der Waals surface area contributed by atoms with E-state index in [9.17, 15) is 19.8 Å². The van der Waals surface area contributed by atoms with E-state index in [1.54, 1.807) is 0 Å². The molecule has 0 rings (SSSR count). The van der Waals surface area contributed by atoms with Crippen LogP contribution in [0.1, 0.15) is 354 Å². The molecule has 0 aliphatic heterocycles. The molecule has 1 amide bonds. The Hall–Kier alpha value is -1.66.